The number of anilines is 1. The first-order valence-corrected chi connectivity index (χ1v) is 8.02. The number of carbonyl (C=O) groups is 1. The molecule has 0 aromatic heterocycles. The van der Waals surface area contributed by atoms with Crippen molar-refractivity contribution in [3.8, 4) is 0 Å². The van der Waals surface area contributed by atoms with Gasteiger partial charge in [-0.15, -0.1) is 11.8 Å². The maximum atomic E-state index is 11.6. The Balaban J connectivity index is 1.71. The van der Waals surface area contributed by atoms with E-state index in [1.807, 2.05) is 30.8 Å². The second-order valence-corrected chi connectivity index (χ2v) is 5.91. The highest BCUT2D eigenvalue weighted by Crippen LogP contribution is 2.39. The summed E-state index contributed by atoms with van der Waals surface area (Å²) in [6.45, 7) is 2.21. The van der Waals surface area contributed by atoms with Gasteiger partial charge >= 0.3 is 5.97 Å². The van der Waals surface area contributed by atoms with Crippen LogP contribution in [0.4, 0.5) is 5.69 Å². The van der Waals surface area contributed by atoms with E-state index < -0.39 is 0 Å². The van der Waals surface area contributed by atoms with Crippen LogP contribution < -0.4 is 5.32 Å². The van der Waals surface area contributed by atoms with Crippen molar-refractivity contribution in [2.24, 2.45) is 0 Å². The van der Waals surface area contributed by atoms with Gasteiger partial charge in [-0.25, -0.2) is 4.79 Å². The first-order valence-electron chi connectivity index (χ1n) is 7.03. The number of ether oxygens (including phenoxy) is 1. The van der Waals surface area contributed by atoms with Gasteiger partial charge in [-0.05, 0) is 42.8 Å². The van der Waals surface area contributed by atoms with Crippen LogP contribution >= 0.6 is 11.8 Å². The molecule has 1 aliphatic rings. The van der Waals surface area contributed by atoms with Crippen molar-refractivity contribution in [3.63, 3.8) is 0 Å². The van der Waals surface area contributed by atoms with E-state index in [2.05, 4.69) is 29.6 Å². The Bertz CT molecular complexity index is 639. The van der Waals surface area contributed by atoms with Crippen molar-refractivity contribution in [1.82, 2.24) is 0 Å². The minimum absolute atomic E-state index is 0.272. The predicted octanol–water partition coefficient (Wildman–Crippen LogP) is 4.12. The smallest absolute Gasteiger partial charge is 0.338 e. The first kappa shape index (κ1) is 14.0. The third kappa shape index (κ3) is 3.05. The third-order valence-electron chi connectivity index (χ3n) is 3.44. The van der Waals surface area contributed by atoms with Gasteiger partial charge in [-0.2, -0.15) is 0 Å². The van der Waals surface area contributed by atoms with Gasteiger partial charge in [0, 0.05) is 16.3 Å². The van der Waals surface area contributed by atoms with Gasteiger partial charge in [0.25, 0.3) is 0 Å². The van der Waals surface area contributed by atoms with E-state index >= 15 is 0 Å². The van der Waals surface area contributed by atoms with Gasteiger partial charge in [0.1, 0.15) is 0 Å². The summed E-state index contributed by atoms with van der Waals surface area (Å²) in [5.74, 6) is 0.754. The number of benzene rings is 2. The lowest BCUT2D eigenvalue weighted by molar-refractivity contribution is 0.0526. The summed E-state index contributed by atoms with van der Waals surface area (Å²) in [6, 6.07) is 16.2. The quantitative estimate of drug-likeness (QED) is 0.862. The lowest BCUT2D eigenvalue weighted by Crippen LogP contribution is -2.10. The molecule has 0 saturated carbocycles. The normalized spacial score (nSPS) is 16.3. The molecule has 21 heavy (non-hydrogen) atoms. The lowest BCUT2D eigenvalue weighted by Gasteiger charge is -2.15. The van der Waals surface area contributed by atoms with Crippen LogP contribution in [0.3, 0.4) is 0 Å². The van der Waals surface area contributed by atoms with Crippen LogP contribution in [0, 0.1) is 0 Å². The van der Waals surface area contributed by atoms with Crippen molar-refractivity contribution >= 4 is 23.4 Å². The molecule has 4 heteroatoms. The van der Waals surface area contributed by atoms with E-state index in [9.17, 15) is 4.79 Å². The van der Waals surface area contributed by atoms with Gasteiger partial charge < -0.3 is 10.1 Å². The minimum atomic E-state index is -0.272. The van der Waals surface area contributed by atoms with Crippen LogP contribution in [-0.2, 0) is 4.74 Å². The Morgan fingerprint density at radius 2 is 2.00 bits per heavy atom. The van der Waals surface area contributed by atoms with Crippen molar-refractivity contribution in [1.29, 1.82) is 0 Å². The summed E-state index contributed by atoms with van der Waals surface area (Å²) >= 11 is 1.87. The Morgan fingerprint density at radius 1 is 1.24 bits per heavy atom. The highest BCUT2D eigenvalue weighted by atomic mass is 32.2. The van der Waals surface area contributed by atoms with Crippen LogP contribution in [0.15, 0.2) is 53.4 Å². The number of fused-ring (bicyclic) bond motifs is 1. The molecule has 1 unspecified atom stereocenters. The predicted molar refractivity (Wildman–Crippen MR) is 85.9 cm³/mol. The molecule has 1 atom stereocenters. The largest absolute Gasteiger partial charge is 0.462 e. The summed E-state index contributed by atoms with van der Waals surface area (Å²) in [6.07, 6.45) is 0. The van der Waals surface area contributed by atoms with E-state index in [1.165, 1.54) is 10.5 Å². The summed E-state index contributed by atoms with van der Waals surface area (Å²) in [5, 5.41) is 3.52. The highest BCUT2D eigenvalue weighted by molar-refractivity contribution is 7.99. The van der Waals surface area contributed by atoms with E-state index in [0.717, 1.165) is 11.4 Å². The second kappa shape index (κ2) is 6.22. The molecule has 1 N–H and O–H groups in total. The van der Waals surface area contributed by atoms with Crippen LogP contribution in [0.1, 0.15) is 28.9 Å². The van der Waals surface area contributed by atoms with Crippen molar-refractivity contribution < 1.29 is 9.53 Å². The maximum Gasteiger partial charge on any atom is 0.338 e. The first-order chi connectivity index (χ1) is 10.3. The molecule has 0 saturated heterocycles. The van der Waals surface area contributed by atoms with Crippen LogP contribution in [0.2, 0.25) is 0 Å². The van der Waals surface area contributed by atoms with Crippen molar-refractivity contribution in [2.45, 2.75) is 17.9 Å². The fourth-order valence-electron chi connectivity index (χ4n) is 2.40. The number of rotatable bonds is 4. The van der Waals surface area contributed by atoms with E-state index in [4.69, 9.17) is 4.74 Å². The Hall–Kier alpha value is -1.94. The Kier molecular flexibility index (Phi) is 4.15. The van der Waals surface area contributed by atoms with Gasteiger partial charge in [-0.1, -0.05) is 18.2 Å². The molecule has 108 valence electrons. The van der Waals surface area contributed by atoms with Crippen molar-refractivity contribution in [2.75, 3.05) is 17.7 Å². The molecule has 0 spiro atoms. The second-order valence-electron chi connectivity index (χ2n) is 4.84. The molecule has 3 nitrogen and oxygen atoms in total. The SMILES string of the molecule is CCOC(=O)c1ccc(NC2CSc3ccccc32)cc1. The fraction of sp³-hybridized carbons (Fsp3) is 0.235. The molecule has 0 bridgehead atoms. The van der Waals surface area contributed by atoms with Gasteiger partial charge in [0.05, 0.1) is 18.2 Å². The monoisotopic (exact) mass is 299 g/mol. The number of hydrogen-bond acceptors (Lipinski definition) is 4. The van der Waals surface area contributed by atoms with Gasteiger partial charge in [0.2, 0.25) is 0 Å². The number of hydrogen-bond donors (Lipinski definition) is 1. The molecule has 0 radical (unpaired) electrons. The molecule has 0 aliphatic carbocycles. The molecule has 1 aliphatic heterocycles. The zero-order valence-corrected chi connectivity index (χ0v) is 12.7. The molecule has 0 amide bonds. The molecule has 1 heterocycles. The van der Waals surface area contributed by atoms with E-state index in [0.29, 0.717) is 18.2 Å². The highest BCUT2D eigenvalue weighted by Gasteiger charge is 2.22. The van der Waals surface area contributed by atoms with Crippen LogP contribution in [0.5, 0.6) is 0 Å². The molecular weight excluding hydrogens is 282 g/mol. The topological polar surface area (TPSA) is 38.3 Å². The molecule has 2 aromatic carbocycles. The number of thioether (sulfide) groups is 1. The fourth-order valence-corrected chi connectivity index (χ4v) is 3.56. The lowest BCUT2D eigenvalue weighted by atomic mass is 10.1. The summed E-state index contributed by atoms with van der Waals surface area (Å²) < 4.78 is 4.99. The van der Waals surface area contributed by atoms with E-state index in [1.54, 1.807) is 12.1 Å². The average molecular weight is 299 g/mol. The standard InChI is InChI=1S/C17H17NO2S/c1-2-20-17(19)12-7-9-13(10-8-12)18-15-11-21-16-6-4-3-5-14(15)16/h3-10,15,18H,2,11H2,1H3. The molecule has 3 rings (SSSR count). The number of nitrogens with one attached hydrogen (secondary N) is 1. The Morgan fingerprint density at radius 3 is 2.76 bits per heavy atom. The van der Waals surface area contributed by atoms with Gasteiger partial charge in [0.15, 0.2) is 0 Å². The summed E-state index contributed by atoms with van der Waals surface area (Å²) in [5.41, 5.74) is 2.95. The summed E-state index contributed by atoms with van der Waals surface area (Å²) in [4.78, 5) is 13.0. The molecule has 0 fully saturated rings. The summed E-state index contributed by atoms with van der Waals surface area (Å²) in [7, 11) is 0. The zero-order valence-electron chi connectivity index (χ0n) is 11.8. The van der Waals surface area contributed by atoms with Crippen molar-refractivity contribution in [3.05, 3.63) is 59.7 Å². The van der Waals surface area contributed by atoms with Crippen LogP contribution in [-0.4, -0.2) is 18.3 Å². The van der Waals surface area contributed by atoms with Gasteiger partial charge in [-0.3, -0.25) is 0 Å². The van der Waals surface area contributed by atoms with Crippen LogP contribution in [0.25, 0.3) is 0 Å². The number of esters is 1. The molecule has 2 aromatic rings. The maximum absolute atomic E-state index is 11.6. The third-order valence-corrected chi connectivity index (χ3v) is 4.62. The minimum Gasteiger partial charge on any atom is -0.462 e. The van der Waals surface area contributed by atoms with E-state index in [-0.39, 0.29) is 5.97 Å². The average Bonchev–Trinajstić information content (AvgIpc) is 2.92. The number of carbonyl (C=O) groups excluding carboxylic acids is 1. The Labute approximate surface area is 128 Å². The molecular formula is C17H17NO2S. The zero-order chi connectivity index (χ0) is 14.7.